The van der Waals surface area contributed by atoms with Gasteiger partial charge >= 0.3 is 5.97 Å². The second-order valence-electron chi connectivity index (χ2n) is 7.21. The molecule has 1 aromatic carbocycles. The molecule has 4 N–H and O–H groups in total. The van der Waals surface area contributed by atoms with E-state index in [1.54, 1.807) is 18.9 Å². The summed E-state index contributed by atoms with van der Waals surface area (Å²) in [6.07, 6.45) is -0.402. The van der Waals surface area contributed by atoms with Crippen LogP contribution in [0.25, 0.3) is 5.57 Å². The van der Waals surface area contributed by atoms with E-state index in [1.165, 1.54) is 4.90 Å². The summed E-state index contributed by atoms with van der Waals surface area (Å²) in [5, 5.41) is 19.4. The summed E-state index contributed by atoms with van der Waals surface area (Å²) in [6.45, 7) is 2.23. The maximum Gasteiger partial charge on any atom is 0.352 e. The van der Waals surface area contributed by atoms with Gasteiger partial charge in [0.15, 0.2) is 0 Å². The monoisotopic (exact) mass is 373 g/mol. The first-order valence-corrected chi connectivity index (χ1v) is 8.74. The molecule has 2 aliphatic rings. The van der Waals surface area contributed by atoms with Crippen LogP contribution in [0.15, 0.2) is 30.0 Å². The van der Waals surface area contributed by atoms with Crippen LogP contribution >= 0.6 is 0 Å². The first-order valence-electron chi connectivity index (χ1n) is 8.74. The highest BCUT2D eigenvalue weighted by Gasteiger charge is 2.56. The Morgan fingerprint density at radius 1 is 1.33 bits per heavy atom. The number of β-lactam (4-membered cyclic amide) rings is 1. The number of hydrogen-bond donors (Lipinski definition) is 3. The summed E-state index contributed by atoms with van der Waals surface area (Å²) in [4.78, 5) is 38.1. The number of benzene rings is 1. The van der Waals surface area contributed by atoms with Crippen LogP contribution in [-0.4, -0.2) is 63.5 Å². The SMILES string of the molecule is C[C@@H](O)[C@H]1C(=O)N2C(C(=O)O)=C(c3ccc(CN(C)CC(N)=O)cc3)C[C@H]12. The number of fused-ring (bicyclic) bond motifs is 1. The van der Waals surface area contributed by atoms with Crippen LogP contribution in [0, 0.1) is 5.92 Å². The molecule has 0 saturated carbocycles. The maximum atomic E-state index is 12.3. The highest BCUT2D eigenvalue weighted by atomic mass is 16.4. The van der Waals surface area contributed by atoms with E-state index in [-0.39, 0.29) is 24.2 Å². The van der Waals surface area contributed by atoms with Crippen molar-refractivity contribution in [3.05, 3.63) is 41.1 Å². The Kier molecular flexibility index (Phi) is 5.03. The minimum absolute atomic E-state index is 0.000460. The number of carboxylic acid groups (broad SMARTS) is 1. The topological polar surface area (TPSA) is 124 Å². The van der Waals surface area contributed by atoms with Gasteiger partial charge in [-0.15, -0.1) is 0 Å². The van der Waals surface area contributed by atoms with E-state index in [0.717, 1.165) is 11.1 Å². The number of rotatable bonds is 7. The number of primary amides is 1. The first kappa shape index (κ1) is 19.1. The Morgan fingerprint density at radius 2 is 1.96 bits per heavy atom. The second kappa shape index (κ2) is 7.13. The molecular weight excluding hydrogens is 350 g/mol. The predicted molar refractivity (Wildman–Crippen MR) is 96.9 cm³/mol. The van der Waals surface area contributed by atoms with Crippen LogP contribution in [0.5, 0.6) is 0 Å². The predicted octanol–water partition coefficient (Wildman–Crippen LogP) is 0.0109. The van der Waals surface area contributed by atoms with Crippen LogP contribution < -0.4 is 5.73 Å². The van der Waals surface area contributed by atoms with Crippen molar-refractivity contribution in [2.75, 3.05) is 13.6 Å². The third kappa shape index (κ3) is 3.45. The van der Waals surface area contributed by atoms with Gasteiger partial charge in [0.05, 0.1) is 24.6 Å². The van der Waals surface area contributed by atoms with E-state index in [1.807, 2.05) is 24.3 Å². The standard InChI is InChI=1S/C19H23N3O5/c1-10(23)16-14-7-13(17(19(26)27)22(14)18(16)25)12-5-3-11(4-6-12)8-21(2)9-15(20)24/h3-6,10,14,16,23H,7-9H2,1-2H3,(H2,20,24)(H,26,27)/t10-,14-,16-/m1/s1. The molecule has 27 heavy (non-hydrogen) atoms. The molecule has 0 radical (unpaired) electrons. The summed E-state index contributed by atoms with van der Waals surface area (Å²) in [5.41, 5.74) is 7.47. The molecule has 0 aliphatic carbocycles. The van der Waals surface area contributed by atoms with Crippen molar-refractivity contribution in [1.82, 2.24) is 9.80 Å². The molecule has 1 saturated heterocycles. The summed E-state index contributed by atoms with van der Waals surface area (Å²) in [5.74, 6) is -2.45. The van der Waals surface area contributed by atoms with Crippen LogP contribution in [0.4, 0.5) is 0 Å². The number of carbonyl (C=O) groups excluding carboxylic acids is 2. The number of nitrogens with zero attached hydrogens (tertiary/aromatic N) is 2. The number of likely N-dealkylation sites (N-methyl/N-ethyl adjacent to an activating group) is 1. The maximum absolute atomic E-state index is 12.3. The molecule has 2 aliphatic heterocycles. The molecule has 1 fully saturated rings. The Labute approximate surface area is 156 Å². The van der Waals surface area contributed by atoms with Crippen molar-refractivity contribution in [2.24, 2.45) is 11.7 Å². The third-order valence-corrected chi connectivity index (χ3v) is 5.11. The number of aliphatic carboxylic acids is 1. The largest absolute Gasteiger partial charge is 0.477 e. The van der Waals surface area contributed by atoms with Crippen LogP contribution in [0.2, 0.25) is 0 Å². The molecule has 1 aromatic rings. The van der Waals surface area contributed by atoms with E-state index >= 15 is 0 Å². The number of aliphatic hydroxyl groups excluding tert-OH is 1. The van der Waals surface area contributed by atoms with Gasteiger partial charge in [-0.2, -0.15) is 0 Å². The van der Waals surface area contributed by atoms with Gasteiger partial charge in [0.25, 0.3) is 0 Å². The number of aliphatic hydroxyl groups is 1. The number of hydrogen-bond acceptors (Lipinski definition) is 5. The molecule has 144 valence electrons. The Morgan fingerprint density at radius 3 is 2.48 bits per heavy atom. The van der Waals surface area contributed by atoms with Crippen molar-refractivity contribution in [3.8, 4) is 0 Å². The molecular formula is C19H23N3O5. The zero-order chi connectivity index (χ0) is 19.9. The number of carbonyl (C=O) groups is 3. The van der Waals surface area contributed by atoms with E-state index in [9.17, 15) is 24.6 Å². The number of nitrogens with two attached hydrogens (primary N) is 1. The van der Waals surface area contributed by atoms with Crippen molar-refractivity contribution in [1.29, 1.82) is 0 Å². The van der Waals surface area contributed by atoms with Gasteiger partial charge in [-0.05, 0) is 37.1 Å². The minimum Gasteiger partial charge on any atom is -0.477 e. The molecule has 0 bridgehead atoms. The van der Waals surface area contributed by atoms with Gasteiger partial charge in [-0.25, -0.2) is 4.79 Å². The van der Waals surface area contributed by atoms with Crippen molar-refractivity contribution in [3.63, 3.8) is 0 Å². The van der Waals surface area contributed by atoms with Crippen LogP contribution in [0.1, 0.15) is 24.5 Å². The normalized spacial score (nSPS) is 22.7. The lowest BCUT2D eigenvalue weighted by Crippen LogP contribution is -2.61. The average molecular weight is 373 g/mol. The fourth-order valence-corrected chi connectivity index (χ4v) is 3.97. The number of carboxylic acids is 1. The molecule has 0 unspecified atom stereocenters. The van der Waals surface area contributed by atoms with E-state index in [0.29, 0.717) is 18.5 Å². The molecule has 0 spiro atoms. The second-order valence-corrected chi connectivity index (χ2v) is 7.21. The summed E-state index contributed by atoms with van der Waals surface area (Å²) < 4.78 is 0. The summed E-state index contributed by atoms with van der Waals surface area (Å²) in [6, 6.07) is 7.06. The lowest BCUT2D eigenvalue weighted by Gasteiger charge is -2.44. The van der Waals surface area contributed by atoms with Gasteiger partial charge in [-0.3, -0.25) is 14.5 Å². The average Bonchev–Trinajstić information content (AvgIpc) is 2.89. The fourth-order valence-electron chi connectivity index (χ4n) is 3.97. The fraction of sp³-hybridized carbons (Fsp3) is 0.421. The van der Waals surface area contributed by atoms with Crippen molar-refractivity contribution >= 4 is 23.4 Å². The lowest BCUT2D eigenvalue weighted by atomic mass is 9.82. The highest BCUT2D eigenvalue weighted by Crippen LogP contribution is 2.46. The molecule has 3 atom stereocenters. The highest BCUT2D eigenvalue weighted by molar-refractivity contribution is 6.06. The van der Waals surface area contributed by atoms with Gasteiger partial charge < -0.3 is 20.8 Å². The summed E-state index contributed by atoms with van der Waals surface area (Å²) in [7, 11) is 1.79. The lowest BCUT2D eigenvalue weighted by molar-refractivity contribution is -0.161. The van der Waals surface area contributed by atoms with Gasteiger partial charge in [0.2, 0.25) is 11.8 Å². The smallest absolute Gasteiger partial charge is 0.352 e. The van der Waals surface area contributed by atoms with E-state index in [2.05, 4.69) is 0 Å². The zero-order valence-electron chi connectivity index (χ0n) is 15.3. The zero-order valence-corrected chi connectivity index (χ0v) is 15.3. The van der Waals surface area contributed by atoms with Crippen molar-refractivity contribution < 1.29 is 24.6 Å². The minimum atomic E-state index is -1.14. The third-order valence-electron chi connectivity index (χ3n) is 5.11. The summed E-state index contributed by atoms with van der Waals surface area (Å²) >= 11 is 0. The van der Waals surface area contributed by atoms with Crippen LogP contribution in [-0.2, 0) is 20.9 Å². The first-order chi connectivity index (χ1) is 12.7. The van der Waals surface area contributed by atoms with E-state index in [4.69, 9.17) is 5.73 Å². The Balaban J connectivity index is 1.82. The molecule has 2 heterocycles. The number of amides is 2. The molecule has 8 heteroatoms. The van der Waals surface area contributed by atoms with Gasteiger partial charge in [-0.1, -0.05) is 24.3 Å². The van der Waals surface area contributed by atoms with Crippen LogP contribution in [0.3, 0.4) is 0 Å². The molecule has 2 amide bonds. The molecule has 0 aromatic heterocycles. The Bertz CT molecular complexity index is 815. The molecule has 3 rings (SSSR count). The van der Waals surface area contributed by atoms with E-state index < -0.39 is 23.9 Å². The molecule has 8 nitrogen and oxygen atoms in total. The van der Waals surface area contributed by atoms with Gasteiger partial charge in [0, 0.05) is 6.54 Å². The van der Waals surface area contributed by atoms with Crippen molar-refractivity contribution in [2.45, 2.75) is 32.0 Å². The Hall–Kier alpha value is -2.71. The van der Waals surface area contributed by atoms with Gasteiger partial charge in [0.1, 0.15) is 5.70 Å². The quantitative estimate of drug-likeness (QED) is 0.579.